The average Bonchev–Trinajstić information content (AvgIpc) is 2.99. The maximum Gasteiger partial charge on any atom is 0.335 e. The lowest BCUT2D eigenvalue weighted by atomic mass is 9.69. The summed E-state index contributed by atoms with van der Waals surface area (Å²) in [6.07, 6.45) is 4.48. The highest BCUT2D eigenvalue weighted by atomic mass is 16.6. The van der Waals surface area contributed by atoms with E-state index >= 15 is 0 Å². The quantitative estimate of drug-likeness (QED) is 0.617. The van der Waals surface area contributed by atoms with Gasteiger partial charge in [0.1, 0.15) is 5.75 Å². The Hall–Kier alpha value is -2.77. The molecule has 1 saturated heterocycles. The number of urea groups is 1. The lowest BCUT2D eigenvalue weighted by molar-refractivity contribution is -0.161. The number of hydrogen-bond donors (Lipinski definition) is 3. The molecule has 1 aliphatic heterocycles. The molecule has 1 aromatic rings. The van der Waals surface area contributed by atoms with E-state index < -0.39 is 22.5 Å². The molecule has 2 bridgehead atoms. The van der Waals surface area contributed by atoms with Crippen molar-refractivity contribution in [3.8, 4) is 5.75 Å². The number of esters is 1. The molecule has 1 heterocycles. The predicted octanol–water partition coefficient (Wildman–Crippen LogP) is 3.45. The molecule has 1 aromatic carbocycles. The van der Waals surface area contributed by atoms with E-state index in [4.69, 9.17) is 14.6 Å². The number of carboxylic acids is 1. The van der Waals surface area contributed by atoms with Crippen LogP contribution in [0.1, 0.15) is 69.7 Å². The molecule has 0 spiro atoms. The van der Waals surface area contributed by atoms with Gasteiger partial charge in [-0.15, -0.1) is 0 Å². The van der Waals surface area contributed by atoms with Gasteiger partial charge in [-0.05, 0) is 63.3 Å². The predicted molar refractivity (Wildman–Crippen MR) is 112 cm³/mol. The first-order valence-corrected chi connectivity index (χ1v) is 10.9. The molecule has 2 amide bonds. The average molecular weight is 431 g/mol. The van der Waals surface area contributed by atoms with Gasteiger partial charge in [-0.2, -0.15) is 0 Å². The van der Waals surface area contributed by atoms with Gasteiger partial charge in [0.15, 0.2) is 5.72 Å². The minimum atomic E-state index is -0.964. The molecule has 0 radical (unpaired) electrons. The van der Waals surface area contributed by atoms with Crippen molar-refractivity contribution in [3.63, 3.8) is 0 Å². The van der Waals surface area contributed by atoms with Gasteiger partial charge in [0.25, 0.3) is 0 Å². The number of fused-ring (bicyclic) bond motifs is 2. The summed E-state index contributed by atoms with van der Waals surface area (Å²) in [4.78, 5) is 36.0. The van der Waals surface area contributed by atoms with Gasteiger partial charge in [0, 0.05) is 17.9 Å². The molecule has 8 heteroatoms. The third kappa shape index (κ3) is 3.51. The van der Waals surface area contributed by atoms with Crippen molar-refractivity contribution in [2.45, 2.75) is 77.2 Å². The molecular weight excluding hydrogens is 400 g/mol. The van der Waals surface area contributed by atoms with Gasteiger partial charge in [-0.25, -0.2) is 9.59 Å². The van der Waals surface area contributed by atoms with Crippen LogP contribution in [0.3, 0.4) is 0 Å². The fraction of sp³-hybridized carbons (Fsp3) is 0.609. The van der Waals surface area contributed by atoms with Gasteiger partial charge in [-0.3, -0.25) is 10.1 Å². The highest BCUT2D eigenvalue weighted by Gasteiger charge is 2.73. The summed E-state index contributed by atoms with van der Waals surface area (Å²) in [6.45, 7) is 5.88. The van der Waals surface area contributed by atoms with Gasteiger partial charge in [0.05, 0.1) is 17.1 Å². The van der Waals surface area contributed by atoms with Gasteiger partial charge in [-0.1, -0.05) is 13.8 Å². The molecule has 8 nitrogen and oxygen atoms in total. The Kier molecular flexibility index (Phi) is 5.14. The maximum absolute atomic E-state index is 12.7. The summed E-state index contributed by atoms with van der Waals surface area (Å²) < 4.78 is 11.6. The molecule has 31 heavy (non-hydrogen) atoms. The fourth-order valence-electron chi connectivity index (χ4n) is 5.15. The number of aromatic carboxylic acids is 1. The molecule has 0 aromatic heterocycles. The zero-order chi connectivity index (χ0) is 22.4. The van der Waals surface area contributed by atoms with E-state index in [9.17, 15) is 14.4 Å². The van der Waals surface area contributed by atoms with Crippen molar-refractivity contribution >= 4 is 18.0 Å². The Morgan fingerprint density at radius 2 is 1.71 bits per heavy atom. The summed E-state index contributed by atoms with van der Waals surface area (Å²) in [7, 11) is 0. The topological polar surface area (TPSA) is 114 Å². The van der Waals surface area contributed by atoms with Crippen molar-refractivity contribution < 1.29 is 29.0 Å². The molecule has 168 valence electrons. The maximum atomic E-state index is 12.7. The Bertz CT molecular complexity index is 890. The van der Waals surface area contributed by atoms with Crippen molar-refractivity contribution in [1.29, 1.82) is 0 Å². The minimum absolute atomic E-state index is 0.0265. The summed E-state index contributed by atoms with van der Waals surface area (Å²) in [6, 6.07) is 6.11. The molecule has 2 atom stereocenters. The van der Waals surface area contributed by atoms with E-state index in [2.05, 4.69) is 10.6 Å². The number of amides is 2. The van der Waals surface area contributed by atoms with Gasteiger partial charge < -0.3 is 19.9 Å². The van der Waals surface area contributed by atoms with Crippen LogP contribution in [0.2, 0.25) is 0 Å². The van der Waals surface area contributed by atoms with E-state index in [0.717, 1.165) is 25.7 Å². The van der Waals surface area contributed by atoms with Crippen molar-refractivity contribution in [2.75, 3.05) is 0 Å². The number of nitrogens with one attached hydrogen (secondary N) is 2. The van der Waals surface area contributed by atoms with Crippen LogP contribution in [-0.4, -0.2) is 40.9 Å². The van der Waals surface area contributed by atoms with Crippen LogP contribution in [0.15, 0.2) is 24.3 Å². The third-order valence-corrected chi connectivity index (χ3v) is 7.81. The molecule has 2 saturated carbocycles. The minimum Gasteiger partial charge on any atom is -0.490 e. The molecule has 4 rings (SSSR count). The SMILES string of the molecule is CC12CCC(NC(=O)NC3CCC(Oc4ccc(C(=O)O)cc4)CC3)(OC1=O)C2(C)C. The van der Waals surface area contributed by atoms with E-state index in [1.54, 1.807) is 12.1 Å². The Morgan fingerprint density at radius 3 is 2.23 bits per heavy atom. The van der Waals surface area contributed by atoms with E-state index in [1.807, 2.05) is 20.8 Å². The number of hydrogen-bond acceptors (Lipinski definition) is 5. The summed E-state index contributed by atoms with van der Waals surface area (Å²) in [5.41, 5.74) is -1.77. The van der Waals surface area contributed by atoms with Crippen LogP contribution >= 0.6 is 0 Å². The number of rotatable bonds is 5. The molecule has 3 fully saturated rings. The molecule has 2 aliphatic carbocycles. The summed E-state index contributed by atoms with van der Waals surface area (Å²) in [5.74, 6) is -0.556. The Balaban J connectivity index is 1.27. The second-order valence-corrected chi connectivity index (χ2v) is 9.69. The first-order valence-electron chi connectivity index (χ1n) is 10.9. The standard InChI is InChI=1S/C23H30N2O6/c1-21(2)22(3)12-13-23(21,31-19(22)28)25-20(29)24-15-6-10-17(11-7-15)30-16-8-4-14(5-9-16)18(26)27/h4-5,8-9,15,17H,6-7,10-13H2,1-3H3,(H,26,27)(H2,24,25,29). The second kappa shape index (κ2) is 7.43. The fourth-order valence-corrected chi connectivity index (χ4v) is 5.15. The highest BCUT2D eigenvalue weighted by Crippen LogP contribution is 2.64. The number of carbonyl (C=O) groups is 3. The van der Waals surface area contributed by atoms with E-state index in [1.165, 1.54) is 12.1 Å². The van der Waals surface area contributed by atoms with Crippen LogP contribution in [0.25, 0.3) is 0 Å². The third-order valence-electron chi connectivity index (χ3n) is 7.81. The zero-order valence-corrected chi connectivity index (χ0v) is 18.2. The Morgan fingerprint density at radius 1 is 1.06 bits per heavy atom. The Labute approximate surface area is 181 Å². The van der Waals surface area contributed by atoms with Crippen LogP contribution in [0.4, 0.5) is 4.79 Å². The first-order chi connectivity index (χ1) is 14.6. The van der Waals surface area contributed by atoms with E-state index in [-0.39, 0.29) is 29.7 Å². The smallest absolute Gasteiger partial charge is 0.335 e. The number of ether oxygens (including phenoxy) is 2. The normalized spacial score (nSPS) is 33.5. The first kappa shape index (κ1) is 21.5. The summed E-state index contributed by atoms with van der Waals surface area (Å²) >= 11 is 0. The highest BCUT2D eigenvalue weighted by molar-refractivity contribution is 5.87. The summed E-state index contributed by atoms with van der Waals surface area (Å²) in [5, 5.41) is 15.0. The molecule has 3 aliphatic rings. The number of benzene rings is 1. The number of carbonyl (C=O) groups excluding carboxylic acids is 2. The van der Waals surface area contributed by atoms with Crippen molar-refractivity contribution in [2.24, 2.45) is 10.8 Å². The molecule has 3 N–H and O–H groups in total. The molecule has 2 unspecified atom stereocenters. The lowest BCUT2D eigenvalue weighted by Crippen LogP contribution is -2.59. The zero-order valence-electron chi connectivity index (χ0n) is 18.2. The lowest BCUT2D eigenvalue weighted by Gasteiger charge is -2.38. The number of carboxylic acid groups (broad SMARTS) is 1. The van der Waals surface area contributed by atoms with Crippen LogP contribution in [0.5, 0.6) is 5.75 Å². The largest absolute Gasteiger partial charge is 0.490 e. The van der Waals surface area contributed by atoms with Crippen molar-refractivity contribution in [3.05, 3.63) is 29.8 Å². The second-order valence-electron chi connectivity index (χ2n) is 9.69. The van der Waals surface area contributed by atoms with Crippen LogP contribution < -0.4 is 15.4 Å². The van der Waals surface area contributed by atoms with Gasteiger partial charge in [0.2, 0.25) is 0 Å². The van der Waals surface area contributed by atoms with Crippen LogP contribution in [0, 0.1) is 10.8 Å². The monoisotopic (exact) mass is 430 g/mol. The van der Waals surface area contributed by atoms with Crippen molar-refractivity contribution in [1.82, 2.24) is 10.6 Å². The van der Waals surface area contributed by atoms with Gasteiger partial charge >= 0.3 is 18.0 Å². The molecular formula is C23H30N2O6. The van der Waals surface area contributed by atoms with Crippen LogP contribution in [-0.2, 0) is 9.53 Å². The van der Waals surface area contributed by atoms with E-state index in [0.29, 0.717) is 18.6 Å².